The molecule has 3 nitrogen and oxygen atoms in total. The van der Waals surface area contributed by atoms with Gasteiger partial charge in [0.2, 0.25) is 0 Å². The van der Waals surface area contributed by atoms with Gasteiger partial charge >= 0.3 is 0 Å². The normalized spacial score (nSPS) is 16.0. The van der Waals surface area contributed by atoms with E-state index in [4.69, 9.17) is 0 Å². The van der Waals surface area contributed by atoms with Crippen molar-refractivity contribution in [2.45, 2.75) is 6.04 Å². The van der Waals surface area contributed by atoms with Crippen LogP contribution in [-0.4, -0.2) is 36.2 Å². The summed E-state index contributed by atoms with van der Waals surface area (Å²) in [5.41, 5.74) is 1.33. The van der Waals surface area contributed by atoms with Crippen LogP contribution in [0.5, 0.6) is 5.75 Å². The standard InChI is InChI=1S/C19H20N2OS.2ClH/c22-17-6-5-14-12-16(4-3-15(14)13-17)19(18-2-1-11-23-18)21-9-7-20-8-10-21;;/h1-6,11-13,19-20,22H,7-10H2;2*1H/t19-;;/m0../s1. The SMILES string of the molecule is Cl.Cl.Oc1ccc2cc([C@@H](c3cccs3)N3CCNCC3)ccc2c1. The number of phenolic OH excluding ortho intramolecular Hbond substituents is 1. The monoisotopic (exact) mass is 396 g/mol. The van der Waals surface area contributed by atoms with Gasteiger partial charge in [0.05, 0.1) is 6.04 Å². The molecule has 0 saturated carbocycles. The minimum Gasteiger partial charge on any atom is -0.508 e. The Hall–Kier alpha value is -1.30. The maximum Gasteiger partial charge on any atom is 0.116 e. The molecule has 2 N–H and O–H groups in total. The Morgan fingerprint density at radius 1 is 0.960 bits per heavy atom. The zero-order chi connectivity index (χ0) is 15.6. The van der Waals surface area contributed by atoms with E-state index in [1.54, 1.807) is 6.07 Å². The van der Waals surface area contributed by atoms with Crippen LogP contribution in [0.4, 0.5) is 0 Å². The Labute approximate surface area is 164 Å². The molecule has 0 spiro atoms. The Morgan fingerprint density at radius 2 is 1.68 bits per heavy atom. The molecule has 0 radical (unpaired) electrons. The zero-order valence-electron chi connectivity index (χ0n) is 13.7. The Balaban J connectivity index is 0.00000113. The first-order valence-electron chi connectivity index (χ1n) is 8.02. The molecule has 0 aliphatic carbocycles. The highest BCUT2D eigenvalue weighted by atomic mass is 35.5. The maximum atomic E-state index is 9.65. The highest BCUT2D eigenvalue weighted by molar-refractivity contribution is 7.10. The van der Waals surface area contributed by atoms with E-state index in [1.165, 1.54) is 15.8 Å². The van der Waals surface area contributed by atoms with Crippen molar-refractivity contribution in [1.29, 1.82) is 0 Å². The highest BCUT2D eigenvalue weighted by Gasteiger charge is 2.24. The summed E-state index contributed by atoms with van der Waals surface area (Å²) in [7, 11) is 0. The van der Waals surface area contributed by atoms with Gasteiger partial charge in [-0.2, -0.15) is 0 Å². The lowest BCUT2D eigenvalue weighted by atomic mass is 9.99. The van der Waals surface area contributed by atoms with Gasteiger partial charge in [0.15, 0.2) is 0 Å². The van der Waals surface area contributed by atoms with E-state index in [-0.39, 0.29) is 24.8 Å². The summed E-state index contributed by atoms with van der Waals surface area (Å²) in [5.74, 6) is 0.321. The van der Waals surface area contributed by atoms with Crippen LogP contribution in [0.1, 0.15) is 16.5 Å². The van der Waals surface area contributed by atoms with Gasteiger partial charge < -0.3 is 10.4 Å². The fraction of sp³-hybridized carbons (Fsp3) is 0.263. The van der Waals surface area contributed by atoms with Crippen LogP contribution in [0.3, 0.4) is 0 Å². The molecule has 1 aliphatic heterocycles. The summed E-state index contributed by atoms with van der Waals surface area (Å²) in [5, 5.41) is 17.5. The number of halogens is 2. The summed E-state index contributed by atoms with van der Waals surface area (Å²) in [6.07, 6.45) is 0. The average molecular weight is 397 g/mol. The molecule has 25 heavy (non-hydrogen) atoms. The first-order valence-corrected chi connectivity index (χ1v) is 8.90. The topological polar surface area (TPSA) is 35.5 Å². The summed E-state index contributed by atoms with van der Waals surface area (Å²) >= 11 is 1.83. The minimum absolute atomic E-state index is 0. The molecular formula is C19H22Cl2N2OS. The number of rotatable bonds is 3. The molecule has 1 aliphatic rings. The van der Waals surface area contributed by atoms with Crippen molar-refractivity contribution in [1.82, 2.24) is 10.2 Å². The lowest BCUT2D eigenvalue weighted by molar-refractivity contribution is 0.201. The second kappa shape index (κ2) is 8.88. The molecule has 1 fully saturated rings. The molecule has 1 aromatic heterocycles. The van der Waals surface area contributed by atoms with Gasteiger partial charge in [-0.15, -0.1) is 36.2 Å². The summed E-state index contributed by atoms with van der Waals surface area (Å²) < 4.78 is 0. The third-order valence-electron chi connectivity index (χ3n) is 4.49. The predicted molar refractivity (Wildman–Crippen MR) is 111 cm³/mol. The smallest absolute Gasteiger partial charge is 0.116 e. The van der Waals surface area contributed by atoms with E-state index in [0.717, 1.165) is 31.6 Å². The van der Waals surface area contributed by atoms with Crippen LogP contribution in [-0.2, 0) is 0 Å². The molecule has 2 heterocycles. The number of nitrogens with zero attached hydrogens (tertiary/aromatic N) is 1. The van der Waals surface area contributed by atoms with E-state index < -0.39 is 0 Å². The van der Waals surface area contributed by atoms with Crippen LogP contribution in [0.2, 0.25) is 0 Å². The van der Waals surface area contributed by atoms with E-state index in [0.29, 0.717) is 11.8 Å². The van der Waals surface area contributed by atoms with Crippen LogP contribution < -0.4 is 5.32 Å². The lowest BCUT2D eigenvalue weighted by Gasteiger charge is -2.35. The van der Waals surface area contributed by atoms with Crippen molar-refractivity contribution in [2.75, 3.05) is 26.2 Å². The van der Waals surface area contributed by atoms with Crippen molar-refractivity contribution in [3.05, 3.63) is 64.4 Å². The number of thiophene rings is 1. The summed E-state index contributed by atoms with van der Waals surface area (Å²) in [4.78, 5) is 3.95. The number of aromatic hydroxyl groups is 1. The number of benzene rings is 2. The number of nitrogens with one attached hydrogen (secondary N) is 1. The number of fused-ring (bicyclic) bond motifs is 1. The van der Waals surface area contributed by atoms with E-state index >= 15 is 0 Å². The quantitative estimate of drug-likeness (QED) is 0.686. The Kier molecular flexibility index (Phi) is 7.11. The molecule has 4 rings (SSSR count). The van der Waals surface area contributed by atoms with Crippen molar-refractivity contribution >= 4 is 46.9 Å². The number of hydrogen-bond donors (Lipinski definition) is 2. The Morgan fingerprint density at radius 3 is 2.40 bits per heavy atom. The second-order valence-corrected chi connectivity index (χ2v) is 6.97. The van der Waals surface area contributed by atoms with Gasteiger partial charge in [0, 0.05) is 31.1 Å². The molecule has 0 amide bonds. The molecule has 134 valence electrons. The second-order valence-electron chi connectivity index (χ2n) is 5.99. The average Bonchev–Trinajstić information content (AvgIpc) is 3.10. The van der Waals surface area contributed by atoms with Gasteiger partial charge in [0.25, 0.3) is 0 Å². The van der Waals surface area contributed by atoms with Crippen LogP contribution in [0.25, 0.3) is 10.8 Å². The van der Waals surface area contributed by atoms with Gasteiger partial charge in [-0.25, -0.2) is 0 Å². The van der Waals surface area contributed by atoms with E-state index in [1.807, 2.05) is 23.5 Å². The molecule has 1 saturated heterocycles. The first-order chi connectivity index (χ1) is 11.3. The largest absolute Gasteiger partial charge is 0.508 e. The molecule has 0 unspecified atom stereocenters. The predicted octanol–water partition coefficient (Wildman–Crippen LogP) is 4.45. The molecular weight excluding hydrogens is 375 g/mol. The summed E-state index contributed by atoms with van der Waals surface area (Å²) in [6.45, 7) is 4.22. The third kappa shape index (κ3) is 4.27. The van der Waals surface area contributed by atoms with Crippen LogP contribution >= 0.6 is 36.2 Å². The molecule has 3 aromatic rings. The van der Waals surface area contributed by atoms with Crippen molar-refractivity contribution in [3.63, 3.8) is 0 Å². The number of piperazine rings is 1. The minimum atomic E-state index is 0. The molecule has 6 heteroatoms. The van der Waals surface area contributed by atoms with Gasteiger partial charge in [-0.3, -0.25) is 4.90 Å². The number of phenols is 1. The van der Waals surface area contributed by atoms with Gasteiger partial charge in [-0.1, -0.05) is 24.3 Å². The van der Waals surface area contributed by atoms with Crippen LogP contribution in [0.15, 0.2) is 53.9 Å². The fourth-order valence-electron chi connectivity index (χ4n) is 3.36. The molecule has 2 aromatic carbocycles. The van der Waals surface area contributed by atoms with Crippen LogP contribution in [0, 0.1) is 0 Å². The molecule has 0 bridgehead atoms. The lowest BCUT2D eigenvalue weighted by Crippen LogP contribution is -2.45. The first kappa shape index (κ1) is 20.0. The van der Waals surface area contributed by atoms with E-state index in [2.05, 4.69) is 45.9 Å². The third-order valence-corrected chi connectivity index (χ3v) is 5.42. The fourth-order valence-corrected chi connectivity index (χ4v) is 4.25. The van der Waals surface area contributed by atoms with Crippen molar-refractivity contribution < 1.29 is 5.11 Å². The van der Waals surface area contributed by atoms with Gasteiger partial charge in [-0.05, 0) is 46.0 Å². The van der Waals surface area contributed by atoms with Crippen molar-refractivity contribution in [3.8, 4) is 5.75 Å². The Bertz CT molecular complexity index is 804. The summed E-state index contributed by atoms with van der Waals surface area (Å²) in [6, 6.07) is 16.9. The van der Waals surface area contributed by atoms with Gasteiger partial charge in [0.1, 0.15) is 5.75 Å². The maximum absolute atomic E-state index is 9.65. The zero-order valence-corrected chi connectivity index (χ0v) is 16.2. The highest BCUT2D eigenvalue weighted by Crippen LogP contribution is 2.34. The van der Waals surface area contributed by atoms with Crippen molar-refractivity contribution in [2.24, 2.45) is 0 Å². The van der Waals surface area contributed by atoms with E-state index in [9.17, 15) is 5.11 Å². The molecule has 1 atom stereocenters. The number of hydrogen-bond acceptors (Lipinski definition) is 4.